The third-order valence-electron chi connectivity index (χ3n) is 2.04. The molecule has 1 amide bonds. The molecule has 0 saturated carbocycles. The number of nitrogens with zero attached hydrogens (tertiary/aromatic N) is 1. The summed E-state index contributed by atoms with van der Waals surface area (Å²) in [6, 6.07) is 0. The van der Waals surface area contributed by atoms with Crippen molar-refractivity contribution in [2.45, 2.75) is 30.2 Å². The topological polar surface area (TPSA) is 29.5 Å². The van der Waals surface area contributed by atoms with E-state index in [1.807, 2.05) is 4.74 Å². The number of carbonyl (C=O) groups is 1. The van der Waals surface area contributed by atoms with Crippen LogP contribution in [-0.2, 0) is 9.53 Å². The van der Waals surface area contributed by atoms with E-state index in [-0.39, 0.29) is 4.90 Å². The molecule has 0 radical (unpaired) electrons. The number of rotatable bonds is 4. The average molecular weight is 357 g/mol. The minimum atomic E-state index is -7.19. The van der Waals surface area contributed by atoms with Crippen LogP contribution in [0.3, 0.4) is 0 Å². The molecule has 1 unspecified atom stereocenters. The van der Waals surface area contributed by atoms with Gasteiger partial charge in [-0.3, -0.25) is 9.53 Å². The molecule has 3 nitrogen and oxygen atoms in total. The van der Waals surface area contributed by atoms with Crippen molar-refractivity contribution < 1.29 is 57.8 Å². The van der Waals surface area contributed by atoms with E-state index in [9.17, 15) is 53.1 Å². The summed E-state index contributed by atoms with van der Waals surface area (Å²) in [6.45, 7) is 0. The van der Waals surface area contributed by atoms with Gasteiger partial charge in [0.15, 0.2) is 0 Å². The average Bonchev–Trinajstić information content (AvgIpc) is 2.23. The third-order valence-corrected chi connectivity index (χ3v) is 2.04. The molecule has 0 aliphatic carbocycles. The maximum atomic E-state index is 13.4. The van der Waals surface area contributed by atoms with Crippen molar-refractivity contribution in [3.63, 3.8) is 0 Å². The third kappa shape index (κ3) is 3.35. The summed E-state index contributed by atoms with van der Waals surface area (Å²) in [5.41, 5.74) is 0. The predicted octanol–water partition coefficient (Wildman–Crippen LogP) is 3.11. The molecule has 0 saturated heterocycles. The molecule has 0 aromatic rings. The summed E-state index contributed by atoms with van der Waals surface area (Å²) in [7, 11) is 0.789. The second-order valence-electron chi connectivity index (χ2n) is 3.98. The molecule has 0 spiro atoms. The molecule has 22 heavy (non-hydrogen) atoms. The monoisotopic (exact) mass is 357 g/mol. The van der Waals surface area contributed by atoms with E-state index < -0.39 is 36.1 Å². The van der Waals surface area contributed by atoms with E-state index >= 15 is 0 Å². The highest BCUT2D eigenvalue weighted by atomic mass is 19.4. The normalized spacial score (nSPS) is 17.1. The number of amides is 1. The lowest BCUT2D eigenvalue weighted by Crippen LogP contribution is -2.63. The zero-order chi connectivity index (χ0) is 18.4. The maximum Gasteiger partial charge on any atom is 0.462 e. The Morgan fingerprint density at radius 1 is 0.773 bits per heavy atom. The molecule has 0 fully saturated rings. The number of alkyl halides is 11. The number of hydrogen-bond donors (Lipinski definition) is 0. The van der Waals surface area contributed by atoms with Crippen molar-refractivity contribution in [1.29, 1.82) is 0 Å². The fraction of sp³-hybridized carbons (Fsp3) is 0.875. The molecule has 0 aliphatic heterocycles. The lowest BCUT2D eigenvalue weighted by molar-refractivity contribution is -0.473. The van der Waals surface area contributed by atoms with Crippen LogP contribution in [0.15, 0.2) is 0 Å². The largest absolute Gasteiger partial charge is 0.462 e. The van der Waals surface area contributed by atoms with E-state index in [0.717, 1.165) is 0 Å². The van der Waals surface area contributed by atoms with Gasteiger partial charge in [0.05, 0.1) is 0 Å². The Morgan fingerprint density at radius 3 is 1.36 bits per heavy atom. The summed E-state index contributed by atoms with van der Waals surface area (Å²) in [4.78, 5) is 10.6. The van der Waals surface area contributed by atoms with Crippen molar-refractivity contribution >= 4 is 5.91 Å². The van der Waals surface area contributed by atoms with E-state index in [2.05, 4.69) is 0 Å². The van der Waals surface area contributed by atoms with Crippen LogP contribution >= 0.6 is 0 Å². The quantitative estimate of drug-likeness (QED) is 0.724. The van der Waals surface area contributed by atoms with E-state index in [1.54, 1.807) is 0 Å². The van der Waals surface area contributed by atoms with E-state index in [1.165, 1.54) is 0 Å². The second-order valence-corrected chi connectivity index (χ2v) is 3.98. The number of halogens is 11. The van der Waals surface area contributed by atoms with Crippen LogP contribution in [0.2, 0.25) is 0 Å². The summed E-state index contributed by atoms with van der Waals surface area (Å²) < 4.78 is 138. The fourth-order valence-corrected chi connectivity index (χ4v) is 0.916. The van der Waals surface area contributed by atoms with Gasteiger partial charge < -0.3 is 4.90 Å². The van der Waals surface area contributed by atoms with Crippen molar-refractivity contribution in [2.75, 3.05) is 14.1 Å². The van der Waals surface area contributed by atoms with E-state index in [4.69, 9.17) is 0 Å². The fourth-order valence-electron chi connectivity index (χ4n) is 0.916. The number of hydrogen-bond acceptors (Lipinski definition) is 2. The van der Waals surface area contributed by atoms with E-state index in [0.29, 0.717) is 14.1 Å². The molecule has 0 N–H and O–H groups in total. The first kappa shape index (κ1) is 20.7. The van der Waals surface area contributed by atoms with Gasteiger partial charge in [-0.05, 0) is 0 Å². The molecule has 0 aromatic carbocycles. The first-order valence-electron chi connectivity index (χ1n) is 4.81. The summed E-state index contributed by atoms with van der Waals surface area (Å²) in [6.07, 6.45) is -20.7. The Bertz CT molecular complexity index is 427. The Labute approximate surface area is 114 Å². The number of likely N-dealkylation sites (N-methyl/N-ethyl adjacent to an activating group) is 1. The van der Waals surface area contributed by atoms with Crippen LogP contribution < -0.4 is 0 Å². The van der Waals surface area contributed by atoms with Gasteiger partial charge in [-0.2, -0.15) is 48.3 Å². The molecule has 0 aromatic heterocycles. The lowest BCUT2D eigenvalue weighted by atomic mass is 10.2. The highest BCUT2D eigenvalue weighted by Gasteiger charge is 2.79. The second kappa shape index (κ2) is 5.38. The molecule has 132 valence electrons. The van der Waals surface area contributed by atoms with Gasteiger partial charge >= 0.3 is 30.2 Å². The Balaban J connectivity index is 5.94. The predicted molar refractivity (Wildman–Crippen MR) is 45.6 cm³/mol. The van der Waals surface area contributed by atoms with Crippen molar-refractivity contribution in [3.8, 4) is 0 Å². The molecule has 14 heteroatoms. The molecule has 0 aliphatic rings. The van der Waals surface area contributed by atoms with Crippen LogP contribution in [0, 0.1) is 0 Å². The first-order chi connectivity index (χ1) is 9.31. The SMILES string of the molecule is CN(C)C(=O)C(F)(OC(F)(F)C(F)(F)C(F)(F)F)C(F)(F)F. The van der Waals surface area contributed by atoms with Gasteiger partial charge in [0.1, 0.15) is 0 Å². The summed E-state index contributed by atoms with van der Waals surface area (Å²) in [5.74, 6) is -16.3. The van der Waals surface area contributed by atoms with Crippen molar-refractivity contribution in [1.82, 2.24) is 4.90 Å². The molecule has 0 heterocycles. The van der Waals surface area contributed by atoms with Gasteiger partial charge in [-0.15, -0.1) is 0 Å². The van der Waals surface area contributed by atoms with Gasteiger partial charge in [0, 0.05) is 14.1 Å². The Morgan fingerprint density at radius 2 is 1.14 bits per heavy atom. The highest BCUT2D eigenvalue weighted by Crippen LogP contribution is 2.51. The smallest absolute Gasteiger partial charge is 0.344 e. The first-order valence-corrected chi connectivity index (χ1v) is 4.81. The number of ether oxygens (including phenoxy) is 1. The van der Waals surface area contributed by atoms with Gasteiger partial charge in [-0.1, -0.05) is 0 Å². The zero-order valence-electron chi connectivity index (χ0n) is 10.4. The van der Waals surface area contributed by atoms with Crippen LogP contribution in [0.1, 0.15) is 0 Å². The molecule has 0 bridgehead atoms. The van der Waals surface area contributed by atoms with Gasteiger partial charge in [0.2, 0.25) is 0 Å². The molecular formula is C8H6F11NO2. The molecule has 1 atom stereocenters. The lowest BCUT2D eigenvalue weighted by Gasteiger charge is -2.35. The standard InChI is InChI=1S/C8H6F11NO2/c1-20(2)3(21)4(9,6(12,13)14)22-8(18,19)5(10,11)7(15,16)17/h1-2H3. The van der Waals surface area contributed by atoms with Crippen molar-refractivity contribution in [2.24, 2.45) is 0 Å². The minimum absolute atomic E-state index is 0.324. The van der Waals surface area contributed by atoms with Crippen LogP contribution in [0.25, 0.3) is 0 Å². The van der Waals surface area contributed by atoms with Gasteiger partial charge in [0.25, 0.3) is 5.91 Å². The van der Waals surface area contributed by atoms with Crippen LogP contribution in [-0.4, -0.2) is 55.1 Å². The Hall–Kier alpha value is -1.34. The van der Waals surface area contributed by atoms with Crippen molar-refractivity contribution in [3.05, 3.63) is 0 Å². The number of carbonyl (C=O) groups excluding carboxylic acids is 1. The summed E-state index contributed by atoms with van der Waals surface area (Å²) in [5, 5.41) is 0. The molecular weight excluding hydrogens is 351 g/mol. The highest BCUT2D eigenvalue weighted by molar-refractivity contribution is 5.84. The zero-order valence-corrected chi connectivity index (χ0v) is 10.4. The Kier molecular flexibility index (Phi) is 5.06. The maximum absolute atomic E-state index is 13.4. The minimum Gasteiger partial charge on any atom is -0.344 e. The van der Waals surface area contributed by atoms with Crippen LogP contribution in [0.5, 0.6) is 0 Å². The van der Waals surface area contributed by atoms with Crippen LogP contribution in [0.4, 0.5) is 48.3 Å². The summed E-state index contributed by atoms with van der Waals surface area (Å²) >= 11 is 0. The van der Waals surface area contributed by atoms with Gasteiger partial charge in [-0.25, -0.2) is 0 Å². The molecule has 0 rings (SSSR count).